The molecule has 3 aromatic rings. The molecule has 1 aliphatic rings. The quantitative estimate of drug-likeness (QED) is 0.674. The molecule has 0 fully saturated rings. The maximum atomic E-state index is 13.3. The first-order valence-electron chi connectivity index (χ1n) is 7.71. The van der Waals surface area contributed by atoms with Gasteiger partial charge in [-0.05, 0) is 30.3 Å². The summed E-state index contributed by atoms with van der Waals surface area (Å²) in [6.07, 6.45) is 0. The van der Waals surface area contributed by atoms with Crippen molar-refractivity contribution in [3.63, 3.8) is 0 Å². The highest BCUT2D eigenvalue weighted by Crippen LogP contribution is 2.20. The zero-order valence-corrected chi connectivity index (χ0v) is 13.9. The van der Waals surface area contributed by atoms with Crippen LogP contribution in [-0.2, 0) is 6.54 Å². The van der Waals surface area contributed by atoms with E-state index in [0.29, 0.717) is 23.2 Å². The highest BCUT2D eigenvalue weighted by Gasteiger charge is 2.17. The van der Waals surface area contributed by atoms with Gasteiger partial charge in [0.05, 0.1) is 17.1 Å². The Morgan fingerprint density at radius 2 is 2.08 bits per heavy atom. The van der Waals surface area contributed by atoms with Crippen molar-refractivity contribution in [2.75, 3.05) is 12.3 Å². The van der Waals surface area contributed by atoms with Gasteiger partial charge in [-0.15, -0.1) is 11.8 Å². The second-order valence-corrected chi connectivity index (χ2v) is 6.77. The number of aliphatic imine (C=N–C) groups is 1. The van der Waals surface area contributed by atoms with Gasteiger partial charge in [-0.3, -0.25) is 14.4 Å². The van der Waals surface area contributed by atoms with Crippen molar-refractivity contribution < 1.29 is 13.6 Å². The van der Waals surface area contributed by atoms with Crippen LogP contribution in [0.25, 0.3) is 11.1 Å². The lowest BCUT2D eigenvalue weighted by Gasteiger charge is -2.03. The number of ketones is 1. The number of hydrogen-bond acceptors (Lipinski definition) is 5. The zero-order chi connectivity index (χ0) is 17.4. The summed E-state index contributed by atoms with van der Waals surface area (Å²) in [6, 6.07) is 10.3. The number of oxazole rings is 1. The standard InChI is InChI=1S/C18H13FN2O3S/c19-13-3-1-2-11(8-13)17(22)12-4-5-14-15(9-12)24-18(23)21(14)10-16-20-6-7-25-16/h1-5,8-9H,6-7,10H2. The average molecular weight is 356 g/mol. The van der Waals surface area contributed by atoms with E-state index in [1.807, 2.05) is 0 Å². The predicted octanol–water partition coefficient (Wildman–Crippen LogP) is 3.11. The molecule has 2 heterocycles. The number of thioether (sulfide) groups is 1. The molecule has 126 valence electrons. The van der Waals surface area contributed by atoms with E-state index in [0.717, 1.165) is 17.3 Å². The Morgan fingerprint density at radius 3 is 2.84 bits per heavy atom. The number of carbonyl (C=O) groups excluding carboxylic acids is 1. The zero-order valence-electron chi connectivity index (χ0n) is 13.1. The molecule has 0 amide bonds. The summed E-state index contributed by atoms with van der Waals surface area (Å²) >= 11 is 1.62. The van der Waals surface area contributed by atoms with Crippen LogP contribution in [0.5, 0.6) is 0 Å². The van der Waals surface area contributed by atoms with E-state index in [1.165, 1.54) is 28.8 Å². The molecule has 25 heavy (non-hydrogen) atoms. The second kappa shape index (κ2) is 6.33. The first kappa shape index (κ1) is 15.8. The van der Waals surface area contributed by atoms with Gasteiger partial charge >= 0.3 is 5.76 Å². The molecule has 0 radical (unpaired) electrons. The molecule has 0 N–H and O–H groups in total. The van der Waals surface area contributed by atoms with Crippen molar-refractivity contribution in [2.24, 2.45) is 4.99 Å². The summed E-state index contributed by atoms with van der Waals surface area (Å²) < 4.78 is 20.1. The van der Waals surface area contributed by atoms with Crippen LogP contribution < -0.4 is 5.76 Å². The summed E-state index contributed by atoms with van der Waals surface area (Å²) in [5.41, 5.74) is 1.52. The average Bonchev–Trinajstić information content (AvgIpc) is 3.22. The number of halogens is 1. The van der Waals surface area contributed by atoms with Gasteiger partial charge in [0.25, 0.3) is 0 Å². The fraction of sp³-hybridized carbons (Fsp3) is 0.167. The van der Waals surface area contributed by atoms with Crippen molar-refractivity contribution in [3.8, 4) is 0 Å². The van der Waals surface area contributed by atoms with Crippen LogP contribution in [0.15, 0.2) is 56.7 Å². The van der Waals surface area contributed by atoms with Gasteiger partial charge < -0.3 is 4.42 Å². The third-order valence-electron chi connectivity index (χ3n) is 3.96. The van der Waals surface area contributed by atoms with Crippen molar-refractivity contribution in [2.45, 2.75) is 6.54 Å². The van der Waals surface area contributed by atoms with Crippen molar-refractivity contribution in [1.82, 2.24) is 4.57 Å². The smallest absolute Gasteiger partial charge is 0.408 e. The molecule has 1 aliphatic heterocycles. The third-order valence-corrected chi connectivity index (χ3v) is 4.94. The Bertz CT molecular complexity index is 1070. The summed E-state index contributed by atoms with van der Waals surface area (Å²) in [5, 5.41) is 0.893. The van der Waals surface area contributed by atoms with Crippen LogP contribution in [-0.4, -0.2) is 27.7 Å². The van der Waals surface area contributed by atoms with Gasteiger partial charge in [-0.25, -0.2) is 9.18 Å². The molecule has 0 unspecified atom stereocenters. The molecule has 5 nitrogen and oxygen atoms in total. The Balaban J connectivity index is 1.71. The summed E-state index contributed by atoms with van der Waals surface area (Å²) in [6.45, 7) is 1.13. The maximum absolute atomic E-state index is 13.3. The molecule has 0 spiro atoms. The third kappa shape index (κ3) is 3.02. The van der Waals surface area contributed by atoms with E-state index in [9.17, 15) is 14.0 Å². The number of carbonyl (C=O) groups is 1. The number of aromatic nitrogens is 1. The van der Waals surface area contributed by atoms with Gasteiger partial charge in [0, 0.05) is 23.4 Å². The minimum absolute atomic E-state index is 0.248. The van der Waals surface area contributed by atoms with E-state index >= 15 is 0 Å². The van der Waals surface area contributed by atoms with Crippen LogP contribution in [0.3, 0.4) is 0 Å². The van der Waals surface area contributed by atoms with Gasteiger partial charge in [-0.2, -0.15) is 0 Å². The van der Waals surface area contributed by atoms with Crippen molar-refractivity contribution >= 4 is 33.7 Å². The number of rotatable bonds is 4. The first-order chi connectivity index (χ1) is 12.1. The summed E-state index contributed by atoms with van der Waals surface area (Å²) in [4.78, 5) is 29.0. The molecule has 2 aromatic carbocycles. The fourth-order valence-corrected chi connectivity index (χ4v) is 3.59. The van der Waals surface area contributed by atoms with Crippen molar-refractivity contribution in [3.05, 3.63) is 70.0 Å². The number of benzene rings is 2. The second-order valence-electron chi connectivity index (χ2n) is 5.60. The highest BCUT2D eigenvalue weighted by molar-refractivity contribution is 8.14. The van der Waals surface area contributed by atoms with E-state index < -0.39 is 11.6 Å². The number of nitrogens with zero attached hydrogens (tertiary/aromatic N) is 2. The topological polar surface area (TPSA) is 64.6 Å². The molecule has 0 saturated heterocycles. The van der Waals surface area contributed by atoms with Gasteiger partial charge in [-0.1, -0.05) is 12.1 Å². The van der Waals surface area contributed by atoms with Crippen LogP contribution in [0.2, 0.25) is 0 Å². The Kier molecular flexibility index (Phi) is 4.01. The van der Waals surface area contributed by atoms with Gasteiger partial charge in [0.15, 0.2) is 11.4 Å². The van der Waals surface area contributed by atoms with E-state index in [4.69, 9.17) is 4.42 Å². The van der Waals surface area contributed by atoms with Crippen LogP contribution in [0.1, 0.15) is 15.9 Å². The molecular weight excluding hydrogens is 343 g/mol. The minimum atomic E-state index is -0.486. The van der Waals surface area contributed by atoms with Crippen LogP contribution in [0.4, 0.5) is 4.39 Å². The van der Waals surface area contributed by atoms with Gasteiger partial charge in [0.2, 0.25) is 0 Å². The number of hydrogen-bond donors (Lipinski definition) is 0. The monoisotopic (exact) mass is 356 g/mol. The Labute approximate surface area is 146 Å². The van der Waals surface area contributed by atoms with Crippen LogP contribution in [0, 0.1) is 5.82 Å². The molecule has 7 heteroatoms. The Morgan fingerprint density at radius 1 is 1.24 bits per heavy atom. The summed E-state index contributed by atoms with van der Waals surface area (Å²) in [7, 11) is 0. The van der Waals surface area contributed by atoms with Crippen molar-refractivity contribution in [1.29, 1.82) is 0 Å². The SMILES string of the molecule is O=C(c1cccc(F)c1)c1ccc2c(c1)oc(=O)n2CC1=NCCS1. The molecular formula is C18H13FN2O3S. The lowest BCUT2D eigenvalue weighted by molar-refractivity contribution is 0.103. The maximum Gasteiger partial charge on any atom is 0.420 e. The van der Waals surface area contributed by atoms with E-state index in [-0.39, 0.29) is 11.3 Å². The molecule has 0 bridgehead atoms. The molecule has 0 aliphatic carbocycles. The molecule has 1 aromatic heterocycles. The lowest BCUT2D eigenvalue weighted by atomic mass is 10.0. The van der Waals surface area contributed by atoms with Crippen LogP contribution >= 0.6 is 11.8 Å². The summed E-state index contributed by atoms with van der Waals surface area (Å²) in [5.74, 6) is -0.362. The molecule has 4 rings (SSSR count). The molecule has 0 saturated carbocycles. The van der Waals surface area contributed by atoms with E-state index in [2.05, 4.69) is 4.99 Å². The molecule has 0 atom stereocenters. The Hall–Kier alpha value is -2.67. The number of fused-ring (bicyclic) bond motifs is 1. The predicted molar refractivity (Wildman–Crippen MR) is 95.1 cm³/mol. The fourth-order valence-electron chi connectivity index (χ4n) is 2.76. The van der Waals surface area contributed by atoms with E-state index in [1.54, 1.807) is 30.0 Å². The minimum Gasteiger partial charge on any atom is -0.408 e. The van der Waals surface area contributed by atoms with Gasteiger partial charge in [0.1, 0.15) is 5.82 Å². The first-order valence-corrected chi connectivity index (χ1v) is 8.70. The lowest BCUT2D eigenvalue weighted by Crippen LogP contribution is -2.17. The largest absolute Gasteiger partial charge is 0.420 e. The highest BCUT2D eigenvalue weighted by atomic mass is 32.2. The normalized spacial score (nSPS) is 14.0.